The molecule has 0 spiro atoms. The van der Waals surface area contributed by atoms with E-state index in [2.05, 4.69) is 10.6 Å². The summed E-state index contributed by atoms with van der Waals surface area (Å²) in [5.74, 6) is -3.18. The van der Waals surface area contributed by atoms with E-state index in [-0.39, 0.29) is 33.8 Å². The summed E-state index contributed by atoms with van der Waals surface area (Å²) in [5.41, 5.74) is 1.31. The van der Waals surface area contributed by atoms with Gasteiger partial charge < -0.3 is 30.3 Å². The zero-order chi connectivity index (χ0) is 28.6. The molecule has 2 amide bonds. The molecule has 4 aromatic rings. The van der Waals surface area contributed by atoms with Crippen LogP contribution in [0.25, 0.3) is 0 Å². The number of amides is 2. The minimum atomic E-state index is -1.35. The molecule has 10 heteroatoms. The summed E-state index contributed by atoms with van der Waals surface area (Å²) in [4.78, 5) is 48.0. The number of hydrogen-bond donors (Lipinski definition) is 4. The molecule has 40 heavy (non-hydrogen) atoms. The van der Waals surface area contributed by atoms with Gasteiger partial charge in [0.25, 0.3) is 0 Å². The van der Waals surface area contributed by atoms with Crippen LogP contribution in [0.3, 0.4) is 0 Å². The van der Waals surface area contributed by atoms with E-state index in [0.29, 0.717) is 0 Å². The SMILES string of the molecule is COC(=O)c1cc(NC(=O)Nc2cc(C(=O)O)cc(C(=O)O)c2)ccc1OC(c1ccccc1)c1ccccc1. The molecule has 4 aromatic carbocycles. The van der Waals surface area contributed by atoms with Crippen molar-refractivity contribution in [1.29, 1.82) is 0 Å². The second-order valence-electron chi connectivity index (χ2n) is 8.51. The summed E-state index contributed by atoms with van der Waals surface area (Å²) in [6.07, 6.45) is -0.544. The lowest BCUT2D eigenvalue weighted by Crippen LogP contribution is -2.20. The lowest BCUT2D eigenvalue weighted by molar-refractivity contribution is 0.0592. The number of carbonyl (C=O) groups is 4. The van der Waals surface area contributed by atoms with E-state index in [0.717, 1.165) is 29.3 Å². The average Bonchev–Trinajstić information content (AvgIpc) is 2.96. The lowest BCUT2D eigenvalue weighted by atomic mass is 10.0. The van der Waals surface area contributed by atoms with Gasteiger partial charge in [0.1, 0.15) is 17.4 Å². The fourth-order valence-corrected chi connectivity index (χ4v) is 3.93. The van der Waals surface area contributed by atoms with Crippen molar-refractivity contribution in [2.45, 2.75) is 6.10 Å². The van der Waals surface area contributed by atoms with E-state index in [1.165, 1.54) is 25.3 Å². The Hall–Kier alpha value is -5.64. The van der Waals surface area contributed by atoms with Crippen molar-refractivity contribution in [3.8, 4) is 5.75 Å². The number of anilines is 2. The van der Waals surface area contributed by atoms with Crippen LogP contribution in [-0.2, 0) is 4.74 Å². The molecule has 0 aliphatic carbocycles. The first kappa shape index (κ1) is 27.4. The third kappa shape index (κ3) is 6.62. The smallest absolute Gasteiger partial charge is 0.341 e. The summed E-state index contributed by atoms with van der Waals surface area (Å²) in [6, 6.07) is 25.8. The first-order valence-corrected chi connectivity index (χ1v) is 11.9. The summed E-state index contributed by atoms with van der Waals surface area (Å²) in [5, 5.41) is 23.4. The van der Waals surface area contributed by atoms with Crippen LogP contribution in [0, 0.1) is 0 Å². The Labute approximate surface area is 228 Å². The van der Waals surface area contributed by atoms with Crippen molar-refractivity contribution in [2.75, 3.05) is 17.7 Å². The Morgan fingerprint density at radius 3 is 1.70 bits per heavy atom. The van der Waals surface area contributed by atoms with Crippen molar-refractivity contribution < 1.29 is 38.9 Å². The van der Waals surface area contributed by atoms with E-state index >= 15 is 0 Å². The predicted molar refractivity (Wildman–Crippen MR) is 146 cm³/mol. The van der Waals surface area contributed by atoms with Crippen LogP contribution in [0.5, 0.6) is 5.75 Å². The van der Waals surface area contributed by atoms with Crippen molar-refractivity contribution in [1.82, 2.24) is 0 Å². The maximum absolute atomic E-state index is 12.7. The summed E-state index contributed by atoms with van der Waals surface area (Å²) in [7, 11) is 1.22. The van der Waals surface area contributed by atoms with Crippen molar-refractivity contribution in [3.05, 3.63) is 125 Å². The topological polar surface area (TPSA) is 151 Å². The van der Waals surface area contributed by atoms with E-state index < -0.39 is 30.0 Å². The van der Waals surface area contributed by atoms with Crippen molar-refractivity contribution >= 4 is 35.3 Å². The van der Waals surface area contributed by atoms with Gasteiger partial charge in [-0.15, -0.1) is 0 Å². The molecule has 0 unspecified atom stereocenters. The number of urea groups is 1. The number of carboxylic acid groups (broad SMARTS) is 2. The van der Waals surface area contributed by atoms with Crippen LogP contribution in [-0.4, -0.2) is 41.3 Å². The maximum atomic E-state index is 12.7. The Morgan fingerprint density at radius 2 is 1.20 bits per heavy atom. The number of carbonyl (C=O) groups excluding carboxylic acids is 2. The van der Waals surface area contributed by atoms with Gasteiger partial charge in [-0.2, -0.15) is 0 Å². The normalized spacial score (nSPS) is 10.4. The number of aromatic carboxylic acids is 2. The first-order valence-electron chi connectivity index (χ1n) is 11.9. The van der Waals surface area contributed by atoms with Gasteiger partial charge in [-0.05, 0) is 47.5 Å². The fourth-order valence-electron chi connectivity index (χ4n) is 3.93. The molecule has 0 aliphatic rings. The highest BCUT2D eigenvalue weighted by Gasteiger charge is 2.22. The highest BCUT2D eigenvalue weighted by Crippen LogP contribution is 2.32. The molecule has 4 rings (SSSR count). The van der Waals surface area contributed by atoms with E-state index in [9.17, 15) is 29.4 Å². The third-order valence-electron chi connectivity index (χ3n) is 5.78. The summed E-state index contributed by atoms with van der Waals surface area (Å²) in [6.45, 7) is 0. The molecule has 0 atom stereocenters. The predicted octanol–water partition coefficient (Wildman–Crippen LogP) is 5.68. The number of carboxylic acids is 2. The van der Waals surface area contributed by atoms with Crippen LogP contribution in [0.1, 0.15) is 48.3 Å². The summed E-state index contributed by atoms with van der Waals surface area (Å²) >= 11 is 0. The number of rotatable bonds is 9. The molecular formula is C30H24N2O8. The Morgan fingerprint density at radius 1 is 0.675 bits per heavy atom. The highest BCUT2D eigenvalue weighted by molar-refractivity contribution is 6.03. The Balaban J connectivity index is 1.60. The first-order chi connectivity index (χ1) is 19.2. The van der Waals surface area contributed by atoms with E-state index in [1.54, 1.807) is 0 Å². The molecule has 0 bridgehead atoms. The zero-order valence-electron chi connectivity index (χ0n) is 21.2. The standard InChI is InChI=1S/C30H24N2O8/c1-39-29(37)24-17-22(31-30(38)32-23-15-20(27(33)34)14-21(16-23)28(35)36)12-13-25(24)40-26(18-8-4-2-5-9-18)19-10-6-3-7-11-19/h2-17,26H,1H3,(H,33,34)(H,35,36)(H2,31,32,38). The Bertz CT molecular complexity index is 1480. The van der Waals surface area contributed by atoms with E-state index in [1.807, 2.05) is 60.7 Å². The van der Waals surface area contributed by atoms with Crippen molar-refractivity contribution in [3.63, 3.8) is 0 Å². The zero-order valence-corrected chi connectivity index (χ0v) is 21.2. The second kappa shape index (κ2) is 12.3. The second-order valence-corrected chi connectivity index (χ2v) is 8.51. The molecule has 0 fully saturated rings. The monoisotopic (exact) mass is 540 g/mol. The van der Waals surface area contributed by atoms with Gasteiger partial charge in [-0.3, -0.25) is 0 Å². The minimum absolute atomic E-state index is 0.0449. The number of ether oxygens (including phenoxy) is 2. The molecule has 0 saturated heterocycles. The third-order valence-corrected chi connectivity index (χ3v) is 5.78. The maximum Gasteiger partial charge on any atom is 0.341 e. The van der Waals surface area contributed by atoms with E-state index in [4.69, 9.17) is 9.47 Å². The number of nitrogens with one attached hydrogen (secondary N) is 2. The van der Waals surface area contributed by atoms with Crippen LogP contribution < -0.4 is 15.4 Å². The average molecular weight is 541 g/mol. The highest BCUT2D eigenvalue weighted by atomic mass is 16.5. The molecule has 202 valence electrons. The van der Waals surface area contributed by atoms with Gasteiger partial charge in [-0.25, -0.2) is 19.2 Å². The molecule has 0 saturated carbocycles. The van der Waals surface area contributed by atoms with Crippen LogP contribution >= 0.6 is 0 Å². The molecule has 4 N–H and O–H groups in total. The van der Waals surface area contributed by atoms with Gasteiger partial charge in [0.15, 0.2) is 0 Å². The lowest BCUT2D eigenvalue weighted by Gasteiger charge is -2.22. The molecule has 0 heterocycles. The van der Waals surface area contributed by atoms with Crippen LogP contribution in [0.4, 0.5) is 16.2 Å². The molecular weight excluding hydrogens is 516 g/mol. The largest absolute Gasteiger partial charge is 0.480 e. The summed E-state index contributed by atoms with van der Waals surface area (Å²) < 4.78 is 11.3. The molecule has 10 nitrogen and oxygen atoms in total. The number of esters is 1. The number of hydrogen-bond acceptors (Lipinski definition) is 6. The van der Waals surface area contributed by atoms with Gasteiger partial charge in [-0.1, -0.05) is 60.7 Å². The van der Waals surface area contributed by atoms with Gasteiger partial charge in [0.2, 0.25) is 0 Å². The molecule has 0 aromatic heterocycles. The number of benzene rings is 4. The van der Waals surface area contributed by atoms with Crippen molar-refractivity contribution in [2.24, 2.45) is 0 Å². The van der Waals surface area contributed by atoms with Crippen LogP contribution in [0.2, 0.25) is 0 Å². The van der Waals surface area contributed by atoms with Crippen LogP contribution in [0.15, 0.2) is 97.1 Å². The molecule has 0 radical (unpaired) electrons. The minimum Gasteiger partial charge on any atom is -0.480 e. The quantitative estimate of drug-likeness (QED) is 0.198. The number of methoxy groups -OCH3 is 1. The molecule has 0 aliphatic heterocycles. The van der Waals surface area contributed by atoms with Gasteiger partial charge in [0, 0.05) is 11.4 Å². The Kier molecular flexibility index (Phi) is 8.40. The van der Waals surface area contributed by atoms with Gasteiger partial charge >= 0.3 is 23.9 Å². The fraction of sp³-hybridized carbons (Fsp3) is 0.0667. The van der Waals surface area contributed by atoms with Gasteiger partial charge in [0.05, 0.1) is 18.2 Å².